The number of unbranched alkanes of at least 4 members (excludes halogenated alkanes) is 7. The topological polar surface area (TPSA) is 63.8 Å². The molecule has 1 unspecified atom stereocenters. The van der Waals surface area contributed by atoms with E-state index in [2.05, 4.69) is 28.9 Å². The fraction of sp³-hybridized carbons (Fsp3) is 0.867. The molecule has 0 bridgehead atoms. The third-order valence-electron chi connectivity index (χ3n) is 3.78. The highest BCUT2D eigenvalue weighted by molar-refractivity contribution is 7.05. The first-order chi connectivity index (χ1) is 9.83. The van der Waals surface area contributed by atoms with Crippen LogP contribution < -0.4 is 11.3 Å². The van der Waals surface area contributed by atoms with E-state index in [1.54, 1.807) is 0 Å². The number of rotatable bonds is 12. The molecule has 0 spiro atoms. The Hall–Kier alpha value is -0.520. The Morgan fingerprint density at radius 2 is 1.70 bits per heavy atom. The third kappa shape index (κ3) is 6.29. The van der Waals surface area contributed by atoms with E-state index in [0.717, 1.165) is 18.5 Å². The number of nitrogens with zero attached hydrogens (tertiary/aromatic N) is 2. The van der Waals surface area contributed by atoms with E-state index < -0.39 is 0 Å². The molecular formula is C15H30N4S. The summed E-state index contributed by atoms with van der Waals surface area (Å²) < 4.78 is 4.04. The lowest BCUT2D eigenvalue weighted by Gasteiger charge is -2.14. The highest BCUT2D eigenvalue weighted by atomic mass is 32.1. The molecule has 0 aromatic carbocycles. The second kappa shape index (κ2) is 11.2. The number of hydrogen-bond donors (Lipinski definition) is 2. The Morgan fingerprint density at radius 3 is 2.30 bits per heavy atom. The van der Waals surface area contributed by atoms with Gasteiger partial charge in [-0.15, -0.1) is 5.10 Å². The van der Waals surface area contributed by atoms with Crippen LogP contribution in [0.15, 0.2) is 0 Å². The van der Waals surface area contributed by atoms with Crippen LogP contribution in [-0.2, 0) is 6.42 Å². The molecule has 4 nitrogen and oxygen atoms in total. The van der Waals surface area contributed by atoms with Crippen molar-refractivity contribution in [2.45, 2.75) is 84.1 Å². The summed E-state index contributed by atoms with van der Waals surface area (Å²) in [6.45, 7) is 4.38. The largest absolute Gasteiger partial charge is 0.271 e. The van der Waals surface area contributed by atoms with Gasteiger partial charge < -0.3 is 0 Å². The number of aromatic nitrogens is 2. The van der Waals surface area contributed by atoms with Gasteiger partial charge in [0.25, 0.3) is 0 Å². The summed E-state index contributed by atoms with van der Waals surface area (Å²) in [5, 5.41) is 4.16. The smallest absolute Gasteiger partial charge is 0.0801 e. The molecule has 0 aliphatic carbocycles. The predicted octanol–water partition coefficient (Wildman–Crippen LogP) is 4.14. The maximum atomic E-state index is 5.68. The van der Waals surface area contributed by atoms with Crippen molar-refractivity contribution in [1.29, 1.82) is 0 Å². The van der Waals surface area contributed by atoms with Crippen LogP contribution in [-0.4, -0.2) is 9.59 Å². The van der Waals surface area contributed by atoms with E-state index >= 15 is 0 Å². The standard InChI is InChI=1S/C15H30N4S/c1-3-5-6-7-8-9-10-11-12-14(17-16)15-13(4-2)18-19-20-15/h14,17H,3-12,16H2,1-2H3. The minimum atomic E-state index is 0.227. The molecule has 0 saturated heterocycles. The van der Waals surface area contributed by atoms with Gasteiger partial charge in [0, 0.05) is 0 Å². The molecule has 0 saturated carbocycles. The van der Waals surface area contributed by atoms with Gasteiger partial charge in [-0.3, -0.25) is 11.3 Å². The number of aryl methyl sites for hydroxylation is 1. The highest BCUT2D eigenvalue weighted by Crippen LogP contribution is 2.25. The average Bonchev–Trinajstić information content (AvgIpc) is 2.94. The third-order valence-corrected chi connectivity index (χ3v) is 4.66. The lowest BCUT2D eigenvalue weighted by molar-refractivity contribution is 0.477. The van der Waals surface area contributed by atoms with Crippen LogP contribution in [0.1, 0.15) is 88.2 Å². The lowest BCUT2D eigenvalue weighted by Crippen LogP contribution is -2.28. The lowest BCUT2D eigenvalue weighted by atomic mass is 10.0. The zero-order valence-corrected chi connectivity index (χ0v) is 13.8. The molecule has 0 radical (unpaired) electrons. The number of hydrogen-bond acceptors (Lipinski definition) is 5. The van der Waals surface area contributed by atoms with Crippen molar-refractivity contribution in [3.8, 4) is 0 Å². The SMILES string of the molecule is CCCCCCCCCCC(NN)c1snnc1CC. The fourth-order valence-corrected chi connectivity index (χ4v) is 3.33. The van der Waals surface area contributed by atoms with Crippen LogP contribution in [0.5, 0.6) is 0 Å². The molecule has 1 aromatic rings. The average molecular weight is 299 g/mol. The molecule has 1 heterocycles. The van der Waals surface area contributed by atoms with Gasteiger partial charge in [0.05, 0.1) is 16.6 Å². The normalized spacial score (nSPS) is 12.8. The quantitative estimate of drug-likeness (QED) is 0.346. The molecular weight excluding hydrogens is 268 g/mol. The number of hydrazine groups is 1. The molecule has 3 N–H and O–H groups in total. The molecule has 116 valence electrons. The van der Waals surface area contributed by atoms with E-state index in [9.17, 15) is 0 Å². The zero-order chi connectivity index (χ0) is 14.6. The van der Waals surface area contributed by atoms with E-state index in [4.69, 9.17) is 5.84 Å². The van der Waals surface area contributed by atoms with Crippen LogP contribution in [0.2, 0.25) is 0 Å². The van der Waals surface area contributed by atoms with Gasteiger partial charge in [-0.1, -0.05) is 69.7 Å². The Labute approximate surface area is 127 Å². The summed E-state index contributed by atoms with van der Waals surface area (Å²) in [4.78, 5) is 1.22. The van der Waals surface area contributed by atoms with Gasteiger partial charge in [-0.25, -0.2) is 0 Å². The second-order valence-electron chi connectivity index (χ2n) is 5.42. The van der Waals surface area contributed by atoms with Crippen LogP contribution in [0.3, 0.4) is 0 Å². The van der Waals surface area contributed by atoms with Gasteiger partial charge in [0.2, 0.25) is 0 Å². The minimum Gasteiger partial charge on any atom is -0.271 e. The summed E-state index contributed by atoms with van der Waals surface area (Å²) in [6, 6.07) is 0.227. The molecule has 5 heteroatoms. The molecule has 0 fully saturated rings. The fourth-order valence-electron chi connectivity index (χ4n) is 2.50. The van der Waals surface area contributed by atoms with Gasteiger partial charge in [0.15, 0.2) is 0 Å². The molecule has 1 atom stereocenters. The van der Waals surface area contributed by atoms with Crippen molar-refractivity contribution in [2.75, 3.05) is 0 Å². The number of nitrogens with one attached hydrogen (secondary N) is 1. The molecule has 0 amide bonds. The van der Waals surface area contributed by atoms with Crippen molar-refractivity contribution in [2.24, 2.45) is 5.84 Å². The van der Waals surface area contributed by atoms with Gasteiger partial charge in [-0.2, -0.15) is 0 Å². The molecule has 20 heavy (non-hydrogen) atoms. The highest BCUT2D eigenvalue weighted by Gasteiger charge is 2.16. The summed E-state index contributed by atoms with van der Waals surface area (Å²) in [6.07, 6.45) is 12.8. The molecule has 1 rings (SSSR count). The summed E-state index contributed by atoms with van der Waals surface area (Å²) in [5.41, 5.74) is 4.02. The Kier molecular flexibility index (Phi) is 9.79. The van der Waals surface area contributed by atoms with Crippen LogP contribution >= 0.6 is 11.5 Å². The second-order valence-corrected chi connectivity index (χ2v) is 6.21. The van der Waals surface area contributed by atoms with Crippen molar-refractivity contribution in [3.05, 3.63) is 10.6 Å². The maximum Gasteiger partial charge on any atom is 0.0801 e. The number of nitrogens with two attached hydrogens (primary N) is 1. The molecule has 1 aromatic heterocycles. The first-order valence-electron chi connectivity index (χ1n) is 8.10. The van der Waals surface area contributed by atoms with Crippen molar-refractivity contribution < 1.29 is 0 Å². The van der Waals surface area contributed by atoms with Crippen LogP contribution in [0.25, 0.3) is 0 Å². The van der Waals surface area contributed by atoms with E-state index in [1.807, 2.05) is 0 Å². The van der Waals surface area contributed by atoms with E-state index in [-0.39, 0.29) is 6.04 Å². The van der Waals surface area contributed by atoms with Crippen molar-refractivity contribution in [3.63, 3.8) is 0 Å². The first kappa shape index (κ1) is 17.5. The van der Waals surface area contributed by atoms with E-state index in [0.29, 0.717) is 0 Å². The predicted molar refractivity (Wildman–Crippen MR) is 86.6 cm³/mol. The van der Waals surface area contributed by atoms with Gasteiger partial charge in [0.1, 0.15) is 0 Å². The Balaban J connectivity index is 2.16. The van der Waals surface area contributed by atoms with Crippen molar-refractivity contribution >= 4 is 11.5 Å². The van der Waals surface area contributed by atoms with Crippen LogP contribution in [0, 0.1) is 0 Å². The van der Waals surface area contributed by atoms with Crippen molar-refractivity contribution in [1.82, 2.24) is 15.0 Å². The first-order valence-corrected chi connectivity index (χ1v) is 8.88. The summed E-state index contributed by atoms with van der Waals surface area (Å²) in [7, 11) is 0. The molecule has 0 aliphatic heterocycles. The van der Waals surface area contributed by atoms with E-state index in [1.165, 1.54) is 67.8 Å². The van der Waals surface area contributed by atoms with Gasteiger partial charge >= 0.3 is 0 Å². The zero-order valence-electron chi connectivity index (χ0n) is 13.0. The summed E-state index contributed by atoms with van der Waals surface area (Å²) in [5.74, 6) is 5.68. The Bertz CT molecular complexity index is 340. The Morgan fingerprint density at radius 1 is 1.05 bits per heavy atom. The minimum absolute atomic E-state index is 0.227. The molecule has 0 aliphatic rings. The summed E-state index contributed by atoms with van der Waals surface area (Å²) >= 11 is 1.48. The monoisotopic (exact) mass is 298 g/mol. The van der Waals surface area contributed by atoms with Gasteiger partial charge in [-0.05, 0) is 24.4 Å². The van der Waals surface area contributed by atoms with Crippen LogP contribution in [0.4, 0.5) is 0 Å². The maximum absolute atomic E-state index is 5.68.